The molecule has 5 rings (SSSR count). The molecule has 5 heteroatoms. The number of allylic oxidation sites excluding steroid dienone is 2. The number of ketones is 2. The van der Waals surface area contributed by atoms with Crippen LogP contribution in [0.1, 0.15) is 54.7 Å². The number of aliphatic hydroxyl groups is 1. The minimum absolute atomic E-state index is 0. The van der Waals surface area contributed by atoms with E-state index in [9.17, 15) is 9.59 Å². The quantitative estimate of drug-likeness (QED) is 0.129. The molecule has 179 valence electrons. The van der Waals surface area contributed by atoms with Crippen molar-refractivity contribution in [2.45, 2.75) is 34.5 Å². The van der Waals surface area contributed by atoms with Gasteiger partial charge in [-0.3, -0.25) is 9.59 Å². The first kappa shape index (κ1) is 18.9. The number of hydrogen-bond acceptors (Lipinski definition) is 4. The van der Waals surface area contributed by atoms with Crippen LogP contribution in [-0.2, 0) is 24.9 Å². The molecule has 1 radical (unpaired) electrons. The summed E-state index contributed by atoms with van der Waals surface area (Å²) in [7, 11) is 0. The Hall–Kier alpha value is -3.40. The second-order valence-electron chi connectivity index (χ2n) is 8.22. The van der Waals surface area contributed by atoms with Gasteiger partial charge in [0.15, 0.2) is 11.6 Å². The summed E-state index contributed by atoms with van der Waals surface area (Å²) >= 11 is 0. The fourth-order valence-electron chi connectivity index (χ4n) is 4.16. The Balaban J connectivity index is 0.000000516. The summed E-state index contributed by atoms with van der Waals surface area (Å²) in [5.41, 5.74) is 4.21. The monoisotopic (exact) mass is 647 g/mol. The molecule has 4 aromatic rings. The number of hydrogen-bond donors (Lipinski definition) is 1. The first-order valence-electron chi connectivity index (χ1n) is 13.6. The number of nitrogens with zero attached hydrogens (tertiary/aromatic N) is 1. The summed E-state index contributed by atoms with van der Waals surface area (Å²) in [6.07, 6.45) is 2.79. The maximum Gasteiger partial charge on any atom is 0.194 e. The average molecular weight is 647 g/mol. The largest absolute Gasteiger partial charge is 0.512 e. The van der Waals surface area contributed by atoms with Crippen LogP contribution in [0.3, 0.4) is 0 Å². The van der Waals surface area contributed by atoms with Gasteiger partial charge in [0.05, 0.1) is 5.76 Å². The summed E-state index contributed by atoms with van der Waals surface area (Å²) in [5, 5.41) is 9.72. The standard InChI is InChI=1S/C25H18NO.C5H8O2.Ir/c1-14-7-8-18-21(12-14)22-13-26-24(17-10-15(2)9-16(3)11-17)19-5-4-6-20(23(19)22)25(18)27;1-4(6)3-5(2)7;/h4-10,12-13H,1-3H3;3,6H,1-2H3;/q-1;;/i1D3,3D3;;. The summed E-state index contributed by atoms with van der Waals surface area (Å²) in [4.78, 5) is 28.0. The Bertz CT molecular complexity index is 1700. The molecule has 3 aromatic carbocycles. The van der Waals surface area contributed by atoms with Crippen molar-refractivity contribution in [1.29, 1.82) is 0 Å². The topological polar surface area (TPSA) is 67.3 Å². The van der Waals surface area contributed by atoms with Crippen molar-refractivity contribution in [3.63, 3.8) is 0 Å². The number of carbonyl (C=O) groups excluding carboxylic acids is 2. The normalized spacial score (nSPS) is 15.1. The molecule has 35 heavy (non-hydrogen) atoms. The number of rotatable bonds is 2. The molecular formula is C30H26IrNO3-. The maximum atomic E-state index is 13.3. The number of aromatic nitrogens is 1. The van der Waals surface area contributed by atoms with Crippen molar-refractivity contribution in [3.8, 4) is 22.4 Å². The maximum absolute atomic E-state index is 13.3. The minimum atomic E-state index is -2.31. The van der Waals surface area contributed by atoms with Crippen molar-refractivity contribution in [2.75, 3.05) is 0 Å². The van der Waals surface area contributed by atoms with E-state index in [0.717, 1.165) is 5.56 Å². The van der Waals surface area contributed by atoms with E-state index in [4.69, 9.17) is 13.3 Å². The Morgan fingerprint density at radius 3 is 2.46 bits per heavy atom. The zero-order valence-electron chi connectivity index (χ0n) is 25.3. The second-order valence-corrected chi connectivity index (χ2v) is 8.22. The number of carbonyl (C=O) groups is 2. The van der Waals surface area contributed by atoms with Gasteiger partial charge in [-0.25, -0.2) is 0 Å². The molecule has 1 aliphatic carbocycles. The van der Waals surface area contributed by atoms with Crippen LogP contribution in [0.5, 0.6) is 0 Å². The number of benzene rings is 3. The van der Waals surface area contributed by atoms with E-state index in [1.165, 1.54) is 32.1 Å². The molecule has 0 atom stereocenters. The molecule has 0 aliphatic heterocycles. The van der Waals surface area contributed by atoms with Gasteiger partial charge in [-0.1, -0.05) is 55.7 Å². The third kappa shape index (κ3) is 5.32. The zero-order chi connectivity index (χ0) is 29.6. The Morgan fingerprint density at radius 1 is 1.00 bits per heavy atom. The van der Waals surface area contributed by atoms with Gasteiger partial charge in [-0.15, -0.1) is 34.9 Å². The van der Waals surface area contributed by atoms with Crippen LogP contribution < -0.4 is 0 Å². The molecule has 1 heterocycles. The summed E-state index contributed by atoms with van der Waals surface area (Å²) in [5.74, 6) is -0.249. The van der Waals surface area contributed by atoms with Gasteiger partial charge in [-0.2, -0.15) is 0 Å². The van der Waals surface area contributed by atoms with Gasteiger partial charge in [0.1, 0.15) is 0 Å². The fraction of sp³-hybridized carbons (Fsp3) is 0.167. The summed E-state index contributed by atoms with van der Waals surface area (Å²) in [6, 6.07) is 16.3. The van der Waals surface area contributed by atoms with E-state index >= 15 is 0 Å². The van der Waals surface area contributed by atoms with E-state index in [0.29, 0.717) is 44.3 Å². The van der Waals surface area contributed by atoms with Gasteiger partial charge in [0, 0.05) is 57.3 Å². The minimum Gasteiger partial charge on any atom is -0.512 e. The first-order chi connectivity index (χ1) is 18.6. The van der Waals surface area contributed by atoms with E-state index in [1.807, 2.05) is 19.1 Å². The van der Waals surface area contributed by atoms with Crippen molar-refractivity contribution in [3.05, 3.63) is 100 Å². The van der Waals surface area contributed by atoms with Gasteiger partial charge >= 0.3 is 0 Å². The Labute approximate surface area is 227 Å². The first-order valence-corrected chi connectivity index (χ1v) is 10.6. The molecule has 1 aromatic heterocycles. The van der Waals surface area contributed by atoms with Crippen LogP contribution in [0, 0.1) is 26.7 Å². The van der Waals surface area contributed by atoms with Gasteiger partial charge < -0.3 is 10.1 Å². The summed E-state index contributed by atoms with van der Waals surface area (Å²) in [6.45, 7) is 0.0480. The molecular weight excluding hydrogens is 615 g/mol. The fourth-order valence-corrected chi connectivity index (χ4v) is 4.16. The molecule has 1 N–H and O–H groups in total. The van der Waals surface area contributed by atoms with Crippen LogP contribution in [0.4, 0.5) is 0 Å². The predicted octanol–water partition coefficient (Wildman–Crippen LogP) is 6.87. The molecule has 0 spiro atoms. The van der Waals surface area contributed by atoms with Gasteiger partial charge in [0.2, 0.25) is 0 Å². The smallest absolute Gasteiger partial charge is 0.194 e. The Kier molecular flexibility index (Phi) is 5.64. The second kappa shape index (κ2) is 10.5. The van der Waals surface area contributed by atoms with E-state index in [-0.39, 0.29) is 48.6 Å². The van der Waals surface area contributed by atoms with Crippen LogP contribution >= 0.6 is 0 Å². The van der Waals surface area contributed by atoms with Gasteiger partial charge in [0.25, 0.3) is 0 Å². The number of aliphatic hydroxyl groups excluding tert-OH is 1. The van der Waals surface area contributed by atoms with Crippen molar-refractivity contribution < 1.29 is 43.0 Å². The molecule has 4 nitrogen and oxygen atoms in total. The van der Waals surface area contributed by atoms with E-state index in [1.54, 1.807) is 30.5 Å². The third-order valence-corrected chi connectivity index (χ3v) is 5.39. The van der Waals surface area contributed by atoms with E-state index in [2.05, 4.69) is 11.1 Å². The number of aryl methyl sites for hydroxylation is 3. The van der Waals surface area contributed by atoms with Gasteiger partial charge in [-0.05, 0) is 42.7 Å². The number of pyridine rings is 1. The van der Waals surface area contributed by atoms with Crippen molar-refractivity contribution >= 4 is 22.3 Å². The van der Waals surface area contributed by atoms with Crippen LogP contribution in [-0.4, -0.2) is 21.7 Å². The molecule has 0 bridgehead atoms. The van der Waals surface area contributed by atoms with Crippen molar-refractivity contribution in [2.24, 2.45) is 0 Å². The number of fused-ring (bicyclic) bond motifs is 2. The molecule has 0 saturated carbocycles. The van der Waals surface area contributed by atoms with E-state index < -0.39 is 13.7 Å². The zero-order valence-corrected chi connectivity index (χ0v) is 21.7. The predicted molar refractivity (Wildman–Crippen MR) is 136 cm³/mol. The third-order valence-electron chi connectivity index (χ3n) is 5.39. The molecule has 1 aliphatic rings. The van der Waals surface area contributed by atoms with Crippen LogP contribution in [0.15, 0.2) is 66.6 Å². The Morgan fingerprint density at radius 2 is 1.80 bits per heavy atom. The molecule has 0 saturated heterocycles. The molecule has 0 unspecified atom stereocenters. The van der Waals surface area contributed by atoms with Crippen LogP contribution in [0.25, 0.3) is 33.2 Å². The van der Waals surface area contributed by atoms with Crippen LogP contribution in [0.2, 0.25) is 0 Å². The summed E-state index contributed by atoms with van der Waals surface area (Å²) < 4.78 is 46.6. The average Bonchev–Trinajstić information content (AvgIpc) is 2.84. The molecule has 0 fully saturated rings. The van der Waals surface area contributed by atoms with Crippen molar-refractivity contribution in [1.82, 2.24) is 4.98 Å². The SMILES string of the molecule is CC(=O)C=C(C)O.[2H]C([2H])([2H])c1[c-]c(-c2ncc3c4c(cccc24)C(=O)c2ccc(C([2H])([2H])[2H])cc2-3)cc(C)c1.[Ir]. The molecule has 0 amide bonds.